The van der Waals surface area contributed by atoms with Crippen LogP contribution < -0.4 is 14.8 Å². The normalized spacial score (nSPS) is 11.6. The fourth-order valence-electron chi connectivity index (χ4n) is 2.43. The molecule has 0 heterocycles. The van der Waals surface area contributed by atoms with Gasteiger partial charge in [-0.3, -0.25) is 4.79 Å². The Balaban J connectivity index is 2.18. The van der Waals surface area contributed by atoms with E-state index in [1.54, 1.807) is 18.2 Å². The number of ether oxygens (including phenoxy) is 2. The molecule has 2 aromatic carbocycles. The molecule has 1 N–H and O–H groups in total. The van der Waals surface area contributed by atoms with Gasteiger partial charge in [0, 0.05) is 0 Å². The standard InChI is InChI=1S/C22H20N2O3/c1-4-12-27-20-11-10-17(14-21(20)26-3)13-19(15-23)22(25)24-16(2)18-8-6-5-7-9-18/h1,5-11,13-14,16H,12H2,2-3H3,(H,24,25)/b19-13-/t16-/m0/s1. The minimum absolute atomic E-state index is 0.00266. The summed E-state index contributed by atoms with van der Waals surface area (Å²) in [6.45, 7) is 1.98. The first-order valence-corrected chi connectivity index (χ1v) is 8.31. The van der Waals surface area contributed by atoms with Gasteiger partial charge in [-0.1, -0.05) is 42.3 Å². The van der Waals surface area contributed by atoms with E-state index in [1.165, 1.54) is 13.2 Å². The van der Waals surface area contributed by atoms with Gasteiger partial charge in [-0.15, -0.1) is 6.42 Å². The van der Waals surface area contributed by atoms with Crippen LogP contribution in [0.2, 0.25) is 0 Å². The molecule has 0 saturated carbocycles. The predicted molar refractivity (Wildman–Crippen MR) is 104 cm³/mol. The number of methoxy groups -OCH3 is 1. The Hall–Kier alpha value is -3.70. The number of hydrogen-bond donors (Lipinski definition) is 1. The SMILES string of the molecule is C#CCOc1ccc(/C=C(/C#N)C(=O)N[C@@H](C)c2ccccc2)cc1OC. The number of nitrogens with zero attached hydrogens (tertiary/aromatic N) is 1. The Labute approximate surface area is 159 Å². The predicted octanol–water partition coefficient (Wildman–Crippen LogP) is 3.49. The van der Waals surface area contributed by atoms with Crippen molar-refractivity contribution in [2.45, 2.75) is 13.0 Å². The number of rotatable bonds is 7. The van der Waals surface area contributed by atoms with Crippen LogP contribution >= 0.6 is 0 Å². The van der Waals surface area contributed by atoms with E-state index in [4.69, 9.17) is 15.9 Å². The van der Waals surface area contributed by atoms with Crippen LogP contribution in [0.5, 0.6) is 11.5 Å². The summed E-state index contributed by atoms with van der Waals surface area (Å²) in [4.78, 5) is 12.4. The molecule has 0 radical (unpaired) electrons. The maximum absolute atomic E-state index is 12.4. The molecule has 0 bridgehead atoms. The summed E-state index contributed by atoms with van der Waals surface area (Å²) in [6.07, 6.45) is 6.69. The summed E-state index contributed by atoms with van der Waals surface area (Å²) >= 11 is 0. The summed E-state index contributed by atoms with van der Waals surface area (Å²) in [5.41, 5.74) is 1.59. The van der Waals surface area contributed by atoms with Gasteiger partial charge in [-0.25, -0.2) is 0 Å². The molecule has 0 saturated heterocycles. The van der Waals surface area contributed by atoms with E-state index in [1.807, 2.05) is 43.3 Å². The Morgan fingerprint density at radius 1 is 1.26 bits per heavy atom. The van der Waals surface area contributed by atoms with Crippen LogP contribution in [0, 0.1) is 23.7 Å². The monoisotopic (exact) mass is 360 g/mol. The molecule has 5 heteroatoms. The largest absolute Gasteiger partial charge is 0.493 e. The van der Waals surface area contributed by atoms with Crippen molar-refractivity contribution in [3.63, 3.8) is 0 Å². The maximum Gasteiger partial charge on any atom is 0.262 e. The van der Waals surface area contributed by atoms with Crippen molar-refractivity contribution < 1.29 is 14.3 Å². The molecular formula is C22H20N2O3. The van der Waals surface area contributed by atoms with Gasteiger partial charge in [0.25, 0.3) is 5.91 Å². The third kappa shape index (κ3) is 5.39. The lowest BCUT2D eigenvalue weighted by atomic mass is 10.1. The highest BCUT2D eigenvalue weighted by molar-refractivity contribution is 6.01. The van der Waals surface area contributed by atoms with Crippen LogP contribution in [-0.4, -0.2) is 19.6 Å². The van der Waals surface area contributed by atoms with Crippen molar-refractivity contribution in [1.29, 1.82) is 5.26 Å². The molecule has 1 amide bonds. The van der Waals surface area contributed by atoms with Gasteiger partial charge in [0.15, 0.2) is 11.5 Å². The summed E-state index contributed by atoms with van der Waals surface area (Å²) in [5.74, 6) is 2.90. The van der Waals surface area contributed by atoms with Crippen LogP contribution in [0.3, 0.4) is 0 Å². The Bertz CT molecular complexity index is 905. The Kier molecular flexibility index (Phi) is 7.05. The highest BCUT2D eigenvalue weighted by Crippen LogP contribution is 2.29. The van der Waals surface area contributed by atoms with Crippen LogP contribution in [0.4, 0.5) is 0 Å². The molecule has 2 aromatic rings. The van der Waals surface area contributed by atoms with E-state index in [9.17, 15) is 10.1 Å². The van der Waals surface area contributed by atoms with E-state index in [0.29, 0.717) is 17.1 Å². The highest BCUT2D eigenvalue weighted by Gasteiger charge is 2.14. The average molecular weight is 360 g/mol. The first-order chi connectivity index (χ1) is 13.1. The summed E-state index contributed by atoms with van der Waals surface area (Å²) in [6, 6.07) is 16.3. The Morgan fingerprint density at radius 2 is 2.00 bits per heavy atom. The topological polar surface area (TPSA) is 71.3 Å². The number of carbonyl (C=O) groups excluding carboxylic acids is 1. The molecule has 136 valence electrons. The van der Waals surface area contributed by atoms with E-state index >= 15 is 0 Å². The number of benzene rings is 2. The zero-order chi connectivity index (χ0) is 19.6. The highest BCUT2D eigenvalue weighted by atomic mass is 16.5. The molecule has 5 nitrogen and oxygen atoms in total. The molecular weight excluding hydrogens is 340 g/mol. The van der Waals surface area contributed by atoms with Crippen molar-refractivity contribution in [3.05, 3.63) is 65.2 Å². The zero-order valence-corrected chi connectivity index (χ0v) is 15.2. The van der Waals surface area contributed by atoms with Crippen molar-refractivity contribution >= 4 is 12.0 Å². The molecule has 2 rings (SSSR count). The number of carbonyl (C=O) groups is 1. The lowest BCUT2D eigenvalue weighted by Crippen LogP contribution is -2.27. The van der Waals surface area contributed by atoms with E-state index in [0.717, 1.165) is 5.56 Å². The fraction of sp³-hybridized carbons (Fsp3) is 0.182. The van der Waals surface area contributed by atoms with Gasteiger partial charge in [0.1, 0.15) is 18.2 Å². The lowest BCUT2D eigenvalue weighted by Gasteiger charge is -2.14. The molecule has 0 spiro atoms. The van der Waals surface area contributed by atoms with E-state index < -0.39 is 5.91 Å². The molecule has 0 aliphatic rings. The zero-order valence-electron chi connectivity index (χ0n) is 15.2. The molecule has 0 aliphatic carbocycles. The van der Waals surface area contributed by atoms with Gasteiger partial charge >= 0.3 is 0 Å². The summed E-state index contributed by atoms with van der Waals surface area (Å²) < 4.78 is 10.7. The number of amides is 1. The van der Waals surface area contributed by atoms with Crippen molar-refractivity contribution in [2.24, 2.45) is 0 Å². The van der Waals surface area contributed by atoms with E-state index in [2.05, 4.69) is 11.2 Å². The minimum Gasteiger partial charge on any atom is -0.493 e. The Morgan fingerprint density at radius 3 is 2.63 bits per heavy atom. The van der Waals surface area contributed by atoms with Crippen LogP contribution in [0.15, 0.2) is 54.1 Å². The average Bonchev–Trinajstić information content (AvgIpc) is 2.71. The first kappa shape index (κ1) is 19.6. The first-order valence-electron chi connectivity index (χ1n) is 8.31. The van der Waals surface area contributed by atoms with Gasteiger partial charge in [-0.05, 0) is 36.3 Å². The number of nitrogens with one attached hydrogen (secondary N) is 1. The van der Waals surface area contributed by atoms with Crippen LogP contribution in [0.25, 0.3) is 6.08 Å². The smallest absolute Gasteiger partial charge is 0.262 e. The second-order valence-electron chi connectivity index (χ2n) is 5.68. The maximum atomic E-state index is 12.4. The third-order valence-corrected chi connectivity index (χ3v) is 3.82. The van der Waals surface area contributed by atoms with Gasteiger partial charge < -0.3 is 14.8 Å². The number of nitriles is 1. The van der Waals surface area contributed by atoms with Crippen LogP contribution in [0.1, 0.15) is 24.1 Å². The van der Waals surface area contributed by atoms with E-state index in [-0.39, 0.29) is 18.2 Å². The van der Waals surface area contributed by atoms with Gasteiger partial charge in [0.05, 0.1) is 13.2 Å². The fourth-order valence-corrected chi connectivity index (χ4v) is 2.43. The quantitative estimate of drug-likeness (QED) is 0.466. The lowest BCUT2D eigenvalue weighted by molar-refractivity contribution is -0.117. The third-order valence-electron chi connectivity index (χ3n) is 3.82. The van der Waals surface area contributed by atoms with Crippen molar-refractivity contribution in [3.8, 4) is 29.9 Å². The second kappa shape index (κ2) is 9.70. The van der Waals surface area contributed by atoms with Crippen LogP contribution in [-0.2, 0) is 4.79 Å². The second-order valence-corrected chi connectivity index (χ2v) is 5.68. The van der Waals surface area contributed by atoms with Gasteiger partial charge in [0.2, 0.25) is 0 Å². The summed E-state index contributed by atoms with van der Waals surface area (Å²) in [5, 5.41) is 12.2. The molecule has 0 unspecified atom stereocenters. The number of terminal acetylenes is 1. The molecule has 0 aliphatic heterocycles. The number of hydrogen-bond acceptors (Lipinski definition) is 4. The molecule has 27 heavy (non-hydrogen) atoms. The minimum atomic E-state index is -0.444. The summed E-state index contributed by atoms with van der Waals surface area (Å²) in [7, 11) is 1.50. The molecule has 0 fully saturated rings. The molecule has 1 atom stereocenters. The van der Waals surface area contributed by atoms with Crippen molar-refractivity contribution in [1.82, 2.24) is 5.32 Å². The van der Waals surface area contributed by atoms with Gasteiger partial charge in [-0.2, -0.15) is 5.26 Å². The van der Waals surface area contributed by atoms with Crippen molar-refractivity contribution in [2.75, 3.05) is 13.7 Å². The molecule has 0 aromatic heterocycles.